The van der Waals surface area contributed by atoms with Crippen LogP contribution in [0.15, 0.2) is 179 Å². The Labute approximate surface area is 486 Å². The number of aliphatic hydroxyl groups excluding tert-OH is 2. The van der Waals surface area contributed by atoms with E-state index in [1.165, 1.54) is 36.0 Å². The second kappa shape index (κ2) is 29.6. The Hall–Kier alpha value is -8.03. The summed E-state index contributed by atoms with van der Waals surface area (Å²) in [6, 6.07) is 43.3. The standard InChI is InChI=1S/C31H33N3O5S.C25H31NO3.C6H3ClN2O2S.CH4/c1-3-16-31(17-15-22-9-6-5-7-10-22)19-27(35)29(30(36)39-31)26(4-2)24-11-8-12-25(18-24)34-40(37,38)28-14-13-23(20-32)21-33-28;1-3-14-25(15-13-18-9-6-5-7-10-18)17-22(27)23(24(28)29-25)21(4-2)19-11-8-12-20(26)16-19;7-12(10,11)6-2-1-5(3-8)4-9-6;/h5-14,18,21,26,34-35H,3-4,15-17,19H2,1-2H3;5-12,16,21,27H,3-4,13-15,17,26H2,1-2H3;1-2,4H;1H4/t26-,31-;21-,25-;;/m11../s1. The Kier molecular flexibility index (Phi) is 23.4. The molecule has 6 aromatic rings. The van der Waals surface area contributed by atoms with E-state index in [9.17, 15) is 36.6 Å². The van der Waals surface area contributed by atoms with Crippen LogP contribution in [0.4, 0.5) is 11.4 Å². The van der Waals surface area contributed by atoms with Crippen LogP contribution in [-0.4, -0.2) is 60.2 Å². The lowest BCUT2D eigenvalue weighted by atomic mass is 9.80. The van der Waals surface area contributed by atoms with Crippen LogP contribution >= 0.6 is 10.7 Å². The van der Waals surface area contributed by atoms with Crippen LogP contribution in [0, 0.1) is 22.7 Å². The molecule has 16 nitrogen and oxygen atoms in total. The lowest BCUT2D eigenvalue weighted by molar-refractivity contribution is -0.162. The number of nitrogens with two attached hydrogens (primary N) is 1. The number of aryl methyl sites for hydroxylation is 2. The monoisotopic (exact) mass is 1170 g/mol. The number of ether oxygens (including phenoxy) is 2. The van der Waals surface area contributed by atoms with Crippen LogP contribution in [0.25, 0.3) is 0 Å². The molecule has 0 spiro atoms. The number of nitriles is 2. The smallest absolute Gasteiger partial charge is 0.338 e. The molecule has 0 radical (unpaired) electrons. The summed E-state index contributed by atoms with van der Waals surface area (Å²) in [6.07, 6.45) is 10.0. The first-order valence-corrected chi connectivity index (χ1v) is 30.5. The summed E-state index contributed by atoms with van der Waals surface area (Å²) in [5.41, 5.74) is 10.5. The number of esters is 2. The number of hydrogen-bond acceptors (Lipinski definition) is 15. The number of benzene rings is 4. The molecule has 0 saturated heterocycles. The Balaban J connectivity index is 0.000000255. The number of carbonyl (C=O) groups excluding carboxylic acids is 2. The van der Waals surface area contributed by atoms with Gasteiger partial charge in [0.1, 0.15) is 34.9 Å². The topological polar surface area (TPSA) is 273 Å². The molecule has 5 N–H and O–H groups in total. The summed E-state index contributed by atoms with van der Waals surface area (Å²) < 4.78 is 61.7. The van der Waals surface area contributed by atoms with Gasteiger partial charge in [-0.2, -0.15) is 18.9 Å². The molecule has 0 unspecified atom stereocenters. The summed E-state index contributed by atoms with van der Waals surface area (Å²) in [5.74, 6) is -1.46. The molecule has 0 bridgehead atoms. The van der Waals surface area contributed by atoms with Crippen LogP contribution in [0.5, 0.6) is 0 Å². The number of pyridine rings is 2. The lowest BCUT2D eigenvalue weighted by Gasteiger charge is -2.38. The van der Waals surface area contributed by atoms with Crippen LogP contribution in [0.3, 0.4) is 0 Å². The molecule has 432 valence electrons. The predicted molar refractivity (Wildman–Crippen MR) is 317 cm³/mol. The van der Waals surface area contributed by atoms with E-state index in [-0.39, 0.29) is 58.2 Å². The van der Waals surface area contributed by atoms with Crippen molar-refractivity contribution in [1.29, 1.82) is 10.5 Å². The highest BCUT2D eigenvalue weighted by molar-refractivity contribution is 8.13. The summed E-state index contributed by atoms with van der Waals surface area (Å²) in [6.45, 7) is 8.02. The van der Waals surface area contributed by atoms with E-state index in [0.29, 0.717) is 60.9 Å². The Bertz CT molecular complexity index is 3520. The first kappa shape index (κ1) is 64.8. The molecule has 0 aliphatic carbocycles. The third kappa shape index (κ3) is 17.2. The maximum atomic E-state index is 13.4. The number of cyclic esters (lactones) is 2. The number of carbonyl (C=O) groups is 2. The average Bonchev–Trinajstić information content (AvgIpc) is 3.50. The number of anilines is 2. The Morgan fingerprint density at radius 2 is 1.06 bits per heavy atom. The second-order valence-corrected chi connectivity index (χ2v) is 24.1. The lowest BCUT2D eigenvalue weighted by Crippen LogP contribution is -2.41. The van der Waals surface area contributed by atoms with Gasteiger partial charge >= 0.3 is 11.9 Å². The fourth-order valence-corrected chi connectivity index (χ4v) is 11.9. The summed E-state index contributed by atoms with van der Waals surface area (Å²) in [5, 5.41) is 39.1. The number of sulfonamides is 1. The van der Waals surface area contributed by atoms with Crippen molar-refractivity contribution >= 4 is 53.1 Å². The van der Waals surface area contributed by atoms with Crippen molar-refractivity contribution in [2.75, 3.05) is 10.5 Å². The van der Waals surface area contributed by atoms with Crippen molar-refractivity contribution in [2.24, 2.45) is 0 Å². The normalized spacial score (nSPS) is 17.6. The highest BCUT2D eigenvalue weighted by Gasteiger charge is 2.44. The maximum absolute atomic E-state index is 13.4. The van der Waals surface area contributed by atoms with Gasteiger partial charge in [0.25, 0.3) is 19.1 Å². The fraction of sp³-hybridized carbons (Fsp3) is 0.333. The predicted octanol–water partition coefficient (Wildman–Crippen LogP) is 13.4. The number of aliphatic hydroxyl groups is 2. The molecule has 19 heteroatoms. The molecule has 2 aromatic heterocycles. The van der Waals surface area contributed by atoms with Crippen LogP contribution in [0.2, 0.25) is 0 Å². The van der Waals surface area contributed by atoms with Crippen molar-refractivity contribution < 1.29 is 46.1 Å². The van der Waals surface area contributed by atoms with Crippen molar-refractivity contribution in [3.63, 3.8) is 0 Å². The molecule has 4 atom stereocenters. The van der Waals surface area contributed by atoms with Crippen molar-refractivity contribution in [3.05, 3.63) is 202 Å². The van der Waals surface area contributed by atoms with Gasteiger partial charge < -0.3 is 25.4 Å². The van der Waals surface area contributed by atoms with Gasteiger partial charge in [-0.15, -0.1) is 0 Å². The number of halogens is 1. The zero-order chi connectivity index (χ0) is 58.8. The van der Waals surface area contributed by atoms with Gasteiger partial charge in [-0.25, -0.2) is 28.0 Å². The van der Waals surface area contributed by atoms with Gasteiger partial charge in [-0.1, -0.05) is 133 Å². The number of hydrogen-bond donors (Lipinski definition) is 4. The highest BCUT2D eigenvalue weighted by atomic mass is 35.7. The zero-order valence-corrected chi connectivity index (χ0v) is 48.1. The van der Waals surface area contributed by atoms with E-state index in [0.717, 1.165) is 49.4 Å². The largest absolute Gasteiger partial charge is 0.512 e. The Morgan fingerprint density at radius 1 is 0.622 bits per heavy atom. The molecule has 4 aromatic carbocycles. The van der Waals surface area contributed by atoms with Crippen molar-refractivity contribution in [3.8, 4) is 12.1 Å². The highest BCUT2D eigenvalue weighted by Crippen LogP contribution is 2.44. The number of nitrogens with zero attached hydrogens (tertiary/aromatic N) is 4. The number of nitrogens with one attached hydrogen (secondary N) is 1. The first-order valence-electron chi connectivity index (χ1n) is 26.8. The van der Waals surface area contributed by atoms with E-state index >= 15 is 0 Å². The molecular weight excluding hydrogens is 1100 g/mol. The van der Waals surface area contributed by atoms with Crippen molar-refractivity contribution in [1.82, 2.24) is 9.97 Å². The fourth-order valence-electron chi connectivity index (χ4n) is 10.3. The third-order valence-corrected chi connectivity index (χ3v) is 16.6. The van der Waals surface area contributed by atoms with Gasteiger partial charge in [0, 0.05) is 59.1 Å². The molecule has 0 saturated carbocycles. The molecular formula is C63H71ClN6O10S2. The van der Waals surface area contributed by atoms with E-state index in [4.69, 9.17) is 36.4 Å². The van der Waals surface area contributed by atoms with Gasteiger partial charge in [-0.05, 0) is 122 Å². The average molecular weight is 1170 g/mol. The van der Waals surface area contributed by atoms with Gasteiger partial charge in [-0.3, -0.25) is 4.72 Å². The minimum atomic E-state index is -4.01. The SMILES string of the molecule is C.CCC[C@@]1(CCc2ccccc2)CC(O)=C([C@H](CC)c2cccc(N)c2)C(=O)O1.CCC[C@@]1(CCc2ccccc2)CC(O)=C([C@H](CC)c2cccc(NS(=O)(=O)c3ccc(C#N)cn3)c2)C(=O)O1.N#Cc1ccc(S(=O)(=O)Cl)nc1. The van der Waals surface area contributed by atoms with Crippen LogP contribution < -0.4 is 10.5 Å². The van der Waals surface area contributed by atoms with E-state index in [1.54, 1.807) is 30.3 Å². The second-order valence-electron chi connectivity index (χ2n) is 19.9. The van der Waals surface area contributed by atoms with Crippen LogP contribution in [0.1, 0.15) is 145 Å². The van der Waals surface area contributed by atoms with E-state index < -0.39 is 48.1 Å². The summed E-state index contributed by atoms with van der Waals surface area (Å²) >= 11 is 0. The van der Waals surface area contributed by atoms with E-state index in [1.807, 2.05) is 99.6 Å². The molecule has 4 heterocycles. The van der Waals surface area contributed by atoms with Crippen molar-refractivity contribution in [2.45, 2.75) is 145 Å². The minimum Gasteiger partial charge on any atom is -0.512 e. The third-order valence-electron chi connectivity index (χ3n) is 14.1. The molecule has 82 heavy (non-hydrogen) atoms. The number of rotatable bonds is 20. The van der Waals surface area contributed by atoms with Crippen LogP contribution in [-0.2, 0) is 51.0 Å². The van der Waals surface area contributed by atoms with E-state index in [2.05, 4.69) is 33.7 Å². The number of nitrogen functional groups attached to an aromatic ring is 1. The van der Waals surface area contributed by atoms with Gasteiger partial charge in [0.05, 0.1) is 22.3 Å². The maximum Gasteiger partial charge on any atom is 0.338 e. The zero-order valence-electron chi connectivity index (χ0n) is 45.7. The van der Waals surface area contributed by atoms with Gasteiger partial charge in [0.15, 0.2) is 10.1 Å². The molecule has 0 fully saturated rings. The summed E-state index contributed by atoms with van der Waals surface area (Å²) in [4.78, 5) is 33.9. The molecule has 2 aliphatic heterocycles. The Morgan fingerprint density at radius 3 is 1.44 bits per heavy atom. The quantitative estimate of drug-likeness (QED) is 0.0314. The molecule has 8 rings (SSSR count). The first-order chi connectivity index (χ1) is 38.7. The van der Waals surface area contributed by atoms with Gasteiger partial charge in [0.2, 0.25) is 0 Å². The summed E-state index contributed by atoms with van der Waals surface area (Å²) in [7, 11) is -2.80. The molecule has 2 aliphatic rings. The molecule has 0 amide bonds. The minimum absolute atomic E-state index is 0. The number of aromatic nitrogens is 2.